The van der Waals surface area contributed by atoms with E-state index in [1.807, 2.05) is 0 Å². The molecule has 0 atom stereocenters. The van der Waals surface area contributed by atoms with Gasteiger partial charge >= 0.3 is 0 Å². The summed E-state index contributed by atoms with van der Waals surface area (Å²) in [5, 5.41) is 3.09. The Labute approximate surface area is 102 Å². The van der Waals surface area contributed by atoms with E-state index in [4.69, 9.17) is 11.6 Å². The number of anilines is 1. The van der Waals surface area contributed by atoms with Crippen LogP contribution in [0, 0.1) is 0 Å². The van der Waals surface area contributed by atoms with Gasteiger partial charge in [-0.1, -0.05) is 30.3 Å². The van der Waals surface area contributed by atoms with E-state index in [1.165, 1.54) is 6.08 Å². The van der Waals surface area contributed by atoms with Crippen LogP contribution in [0.5, 0.6) is 0 Å². The zero-order valence-electron chi connectivity index (χ0n) is 7.09. The standard InChI is InChI=1S/C9H8ClNO.Hg/c1-2-9(12)11-8-6-4-3-5-7(8)10;/h2-6H,1H2,(H,11,12);. The normalized spacial score (nSPS) is 8.38. The van der Waals surface area contributed by atoms with Crippen molar-refractivity contribution in [2.24, 2.45) is 0 Å². The summed E-state index contributed by atoms with van der Waals surface area (Å²) < 4.78 is 0. The first-order chi connectivity index (χ1) is 5.74. The van der Waals surface area contributed by atoms with Gasteiger partial charge in [-0.2, -0.15) is 0 Å². The summed E-state index contributed by atoms with van der Waals surface area (Å²) in [6.07, 6.45) is 1.20. The maximum absolute atomic E-state index is 10.8. The average Bonchev–Trinajstić information content (AvgIpc) is 2.09. The second-order valence-electron chi connectivity index (χ2n) is 2.17. The van der Waals surface area contributed by atoms with Crippen LogP contribution in [-0.4, -0.2) is 5.91 Å². The molecule has 1 rings (SSSR count). The molecule has 0 aliphatic heterocycles. The monoisotopic (exact) mass is 383 g/mol. The molecule has 13 heavy (non-hydrogen) atoms. The van der Waals surface area contributed by atoms with E-state index in [0.717, 1.165) is 0 Å². The number of carbonyl (C=O) groups excluding carboxylic acids is 1. The number of hydrogen-bond donors (Lipinski definition) is 1. The second-order valence-corrected chi connectivity index (χ2v) is 2.58. The van der Waals surface area contributed by atoms with E-state index in [0.29, 0.717) is 10.7 Å². The number of carbonyl (C=O) groups is 1. The van der Waals surface area contributed by atoms with Gasteiger partial charge in [0, 0.05) is 27.7 Å². The summed E-state index contributed by atoms with van der Waals surface area (Å²) >= 11 is 5.78. The Morgan fingerprint density at radius 1 is 1.46 bits per heavy atom. The van der Waals surface area contributed by atoms with Crippen molar-refractivity contribution in [1.82, 2.24) is 0 Å². The van der Waals surface area contributed by atoms with Crippen LogP contribution in [0.2, 0.25) is 5.02 Å². The Morgan fingerprint density at radius 2 is 2.08 bits per heavy atom. The number of nitrogens with one attached hydrogen (secondary N) is 1. The topological polar surface area (TPSA) is 29.1 Å². The van der Waals surface area contributed by atoms with Crippen molar-refractivity contribution in [3.63, 3.8) is 0 Å². The molecule has 0 aliphatic rings. The first kappa shape index (κ1) is 12.7. The molecule has 0 unspecified atom stereocenters. The van der Waals surface area contributed by atoms with Crippen LogP contribution in [0.25, 0.3) is 0 Å². The van der Waals surface area contributed by atoms with Crippen LogP contribution in [0.3, 0.4) is 0 Å². The predicted molar refractivity (Wildman–Crippen MR) is 50.3 cm³/mol. The zero-order valence-corrected chi connectivity index (χ0v) is 13.3. The van der Waals surface area contributed by atoms with Crippen molar-refractivity contribution in [2.75, 3.05) is 5.32 Å². The molecule has 0 bridgehead atoms. The third-order valence-corrected chi connectivity index (χ3v) is 1.65. The zero-order chi connectivity index (χ0) is 8.97. The number of hydrogen-bond acceptors (Lipinski definition) is 1. The number of amides is 1. The molecule has 0 heterocycles. The quantitative estimate of drug-likeness (QED) is 0.618. The van der Waals surface area contributed by atoms with Crippen LogP contribution in [-0.2, 0) is 32.5 Å². The Balaban J connectivity index is 0.00000144. The van der Waals surface area contributed by atoms with Crippen LogP contribution in [0.15, 0.2) is 36.9 Å². The van der Waals surface area contributed by atoms with Gasteiger partial charge in [-0.3, -0.25) is 4.79 Å². The molecule has 1 N–H and O–H groups in total. The number of benzene rings is 1. The summed E-state index contributed by atoms with van der Waals surface area (Å²) in [6.45, 7) is 3.33. The van der Waals surface area contributed by atoms with E-state index in [-0.39, 0.29) is 33.6 Å². The van der Waals surface area contributed by atoms with Crippen molar-refractivity contribution in [3.8, 4) is 0 Å². The van der Waals surface area contributed by atoms with Gasteiger partial charge in [-0.25, -0.2) is 0 Å². The first-order valence-electron chi connectivity index (χ1n) is 3.42. The third-order valence-electron chi connectivity index (χ3n) is 1.32. The fraction of sp³-hybridized carbons (Fsp3) is 0. The summed E-state index contributed by atoms with van der Waals surface area (Å²) in [6, 6.07) is 7.03. The minimum atomic E-state index is -0.261. The molecule has 0 aliphatic carbocycles. The second kappa shape index (κ2) is 6.16. The molecule has 2 nitrogen and oxygen atoms in total. The summed E-state index contributed by atoms with van der Waals surface area (Å²) in [7, 11) is 0. The largest absolute Gasteiger partial charge is 0.321 e. The van der Waals surface area contributed by atoms with Crippen molar-refractivity contribution in [2.45, 2.75) is 0 Å². The van der Waals surface area contributed by atoms with E-state index in [1.54, 1.807) is 24.3 Å². The third kappa shape index (κ3) is 3.92. The molecule has 4 heteroatoms. The van der Waals surface area contributed by atoms with Crippen LogP contribution in [0.4, 0.5) is 5.69 Å². The number of para-hydroxylation sites is 1. The first-order valence-corrected chi connectivity index (χ1v) is 3.80. The van der Waals surface area contributed by atoms with Gasteiger partial charge in [0.05, 0.1) is 10.7 Å². The SMILES string of the molecule is C=CC(=O)Nc1ccccc1Cl.[Hg]. The van der Waals surface area contributed by atoms with Crippen molar-refractivity contribution < 1.29 is 32.5 Å². The van der Waals surface area contributed by atoms with Crippen LogP contribution < -0.4 is 5.32 Å². The maximum Gasteiger partial charge on any atom is 0.247 e. The van der Waals surface area contributed by atoms with Gasteiger partial charge in [0.15, 0.2) is 0 Å². The van der Waals surface area contributed by atoms with Crippen molar-refractivity contribution in [3.05, 3.63) is 41.9 Å². The summed E-state index contributed by atoms with van der Waals surface area (Å²) in [5.41, 5.74) is 0.601. The minimum Gasteiger partial charge on any atom is -0.321 e. The average molecular weight is 382 g/mol. The summed E-state index contributed by atoms with van der Waals surface area (Å²) in [4.78, 5) is 10.8. The summed E-state index contributed by atoms with van der Waals surface area (Å²) in [5.74, 6) is -0.261. The molecule has 0 saturated carbocycles. The molecule has 1 aromatic carbocycles. The Morgan fingerprint density at radius 3 is 2.62 bits per heavy atom. The van der Waals surface area contributed by atoms with E-state index >= 15 is 0 Å². The molecule has 0 spiro atoms. The fourth-order valence-electron chi connectivity index (χ4n) is 0.746. The molecule has 0 fully saturated rings. The smallest absolute Gasteiger partial charge is 0.247 e. The van der Waals surface area contributed by atoms with E-state index in [9.17, 15) is 4.79 Å². The number of rotatable bonds is 2. The predicted octanol–water partition coefficient (Wildman–Crippen LogP) is 2.46. The van der Waals surface area contributed by atoms with Gasteiger partial charge < -0.3 is 5.32 Å². The fourth-order valence-corrected chi connectivity index (χ4v) is 0.929. The molecular formula is C9H8ClHgNO. The molecule has 0 saturated heterocycles. The Bertz CT molecular complexity index is 314. The Hall–Kier alpha value is -0.345. The molecule has 0 aromatic heterocycles. The molecule has 0 radical (unpaired) electrons. The van der Waals surface area contributed by atoms with Crippen LogP contribution >= 0.6 is 11.6 Å². The van der Waals surface area contributed by atoms with Gasteiger partial charge in [0.2, 0.25) is 5.91 Å². The molecule has 64 valence electrons. The molecular weight excluding hydrogens is 374 g/mol. The number of halogens is 1. The van der Waals surface area contributed by atoms with Gasteiger partial charge in [0.25, 0.3) is 0 Å². The van der Waals surface area contributed by atoms with Crippen LogP contribution in [0.1, 0.15) is 0 Å². The van der Waals surface area contributed by atoms with E-state index < -0.39 is 0 Å². The molecule has 1 amide bonds. The van der Waals surface area contributed by atoms with E-state index in [2.05, 4.69) is 11.9 Å². The molecule has 1 aromatic rings. The maximum atomic E-state index is 10.8. The van der Waals surface area contributed by atoms with Gasteiger partial charge in [0.1, 0.15) is 0 Å². The van der Waals surface area contributed by atoms with Crippen molar-refractivity contribution in [1.29, 1.82) is 0 Å². The van der Waals surface area contributed by atoms with Crippen molar-refractivity contribution >= 4 is 23.2 Å². The van der Waals surface area contributed by atoms with Gasteiger partial charge in [-0.15, -0.1) is 0 Å². The van der Waals surface area contributed by atoms with Gasteiger partial charge in [-0.05, 0) is 18.2 Å². The Kier molecular flexibility index (Phi) is 6.00. The minimum absolute atomic E-state index is 0.